The Balaban J connectivity index is 1.78. The number of esters is 1. The predicted molar refractivity (Wildman–Crippen MR) is 83.8 cm³/mol. The lowest BCUT2D eigenvalue weighted by Crippen LogP contribution is -2.20. The molecule has 0 bridgehead atoms. The van der Waals surface area contributed by atoms with E-state index in [9.17, 15) is 14.7 Å². The molecule has 0 saturated heterocycles. The molecule has 4 nitrogen and oxygen atoms in total. The van der Waals surface area contributed by atoms with Gasteiger partial charge in [0.1, 0.15) is 5.25 Å². The van der Waals surface area contributed by atoms with Crippen molar-refractivity contribution >= 4 is 23.7 Å². The van der Waals surface area contributed by atoms with Crippen LogP contribution in [0.2, 0.25) is 0 Å². The molecule has 0 amide bonds. The molecule has 112 valence electrons. The normalized spacial score (nSPS) is 17.6. The zero-order chi connectivity index (χ0) is 15.5. The Hall–Kier alpha value is -2.27. The summed E-state index contributed by atoms with van der Waals surface area (Å²) in [6, 6.07) is 16.5. The molecule has 0 saturated carbocycles. The van der Waals surface area contributed by atoms with E-state index in [0.29, 0.717) is 12.0 Å². The maximum Gasteiger partial charge on any atom is 0.340 e. The minimum absolute atomic E-state index is 0.386. The lowest BCUT2D eigenvalue weighted by atomic mass is 10.1. The van der Waals surface area contributed by atoms with Crippen LogP contribution in [0.5, 0.6) is 0 Å². The zero-order valence-corrected chi connectivity index (χ0v) is 12.5. The van der Waals surface area contributed by atoms with Crippen molar-refractivity contribution in [2.45, 2.75) is 17.1 Å². The van der Waals surface area contributed by atoms with Crippen LogP contribution < -0.4 is 0 Å². The number of thioether (sulfide) groups is 1. The molecule has 0 unspecified atom stereocenters. The highest BCUT2D eigenvalue weighted by molar-refractivity contribution is 8.00. The van der Waals surface area contributed by atoms with Gasteiger partial charge in [-0.2, -0.15) is 0 Å². The van der Waals surface area contributed by atoms with Crippen LogP contribution >= 0.6 is 11.8 Å². The number of hydrogen-bond donors (Lipinski definition) is 1. The van der Waals surface area contributed by atoms with Crippen LogP contribution in [0.15, 0.2) is 54.6 Å². The molecule has 3 rings (SSSR count). The SMILES string of the molecule is O=C1O[C@H](S[C@@H](Cc2ccccc2)C(=O)O)c2ccccc21. The third kappa shape index (κ3) is 2.99. The van der Waals surface area contributed by atoms with Gasteiger partial charge in [-0.3, -0.25) is 4.79 Å². The fraction of sp³-hybridized carbons (Fsp3) is 0.176. The quantitative estimate of drug-likeness (QED) is 0.858. The van der Waals surface area contributed by atoms with Crippen molar-refractivity contribution in [2.24, 2.45) is 0 Å². The van der Waals surface area contributed by atoms with Gasteiger partial charge in [0.05, 0.1) is 5.56 Å². The molecule has 2 aromatic rings. The average Bonchev–Trinajstić information content (AvgIpc) is 2.84. The lowest BCUT2D eigenvalue weighted by Gasteiger charge is -2.17. The molecule has 0 radical (unpaired) electrons. The molecule has 0 aromatic heterocycles. The fourth-order valence-electron chi connectivity index (χ4n) is 2.38. The standard InChI is InChI=1S/C17H14O4S/c18-15(19)14(10-11-6-2-1-3-7-11)22-17-13-9-5-4-8-12(13)16(20)21-17/h1-9,14,17H,10H2,(H,18,19)/t14-,17+/m0/s1. The third-order valence-electron chi connectivity index (χ3n) is 3.48. The number of cyclic esters (lactones) is 1. The van der Waals surface area contributed by atoms with E-state index in [1.165, 1.54) is 0 Å². The van der Waals surface area contributed by atoms with E-state index in [0.717, 1.165) is 22.9 Å². The second-order valence-electron chi connectivity index (χ2n) is 4.98. The first-order valence-electron chi connectivity index (χ1n) is 6.87. The Kier molecular flexibility index (Phi) is 4.15. The topological polar surface area (TPSA) is 63.6 Å². The molecule has 1 heterocycles. The lowest BCUT2D eigenvalue weighted by molar-refractivity contribution is -0.136. The first-order valence-corrected chi connectivity index (χ1v) is 7.81. The molecule has 0 spiro atoms. The van der Waals surface area contributed by atoms with Crippen molar-refractivity contribution in [1.29, 1.82) is 0 Å². The number of rotatable bonds is 5. The van der Waals surface area contributed by atoms with Crippen molar-refractivity contribution in [1.82, 2.24) is 0 Å². The van der Waals surface area contributed by atoms with Crippen LogP contribution in [0.4, 0.5) is 0 Å². The molecule has 0 aliphatic carbocycles. The number of hydrogen-bond acceptors (Lipinski definition) is 4. The molecule has 22 heavy (non-hydrogen) atoms. The van der Waals surface area contributed by atoms with Gasteiger partial charge in [0.2, 0.25) is 0 Å². The van der Waals surface area contributed by atoms with E-state index in [4.69, 9.17) is 4.74 Å². The molecule has 2 atom stereocenters. The summed E-state index contributed by atoms with van der Waals surface area (Å²) in [6.07, 6.45) is 0.386. The first-order chi connectivity index (χ1) is 10.6. The van der Waals surface area contributed by atoms with Gasteiger partial charge in [-0.25, -0.2) is 4.79 Å². The van der Waals surface area contributed by atoms with Gasteiger partial charge in [0, 0.05) is 5.56 Å². The minimum Gasteiger partial charge on any atom is -0.480 e. The first kappa shape index (κ1) is 14.7. The Labute approximate surface area is 132 Å². The number of carboxylic acids is 1. The highest BCUT2D eigenvalue weighted by Crippen LogP contribution is 2.41. The maximum absolute atomic E-state index is 11.8. The molecule has 1 aliphatic rings. The number of ether oxygens (including phenoxy) is 1. The van der Waals surface area contributed by atoms with Gasteiger partial charge < -0.3 is 9.84 Å². The van der Waals surface area contributed by atoms with Crippen LogP contribution in [0.25, 0.3) is 0 Å². The third-order valence-corrected chi connectivity index (χ3v) is 4.77. The number of carboxylic acid groups (broad SMARTS) is 1. The van der Waals surface area contributed by atoms with Crippen LogP contribution in [0.3, 0.4) is 0 Å². The fourth-order valence-corrected chi connectivity index (χ4v) is 3.58. The molecular formula is C17H14O4S. The zero-order valence-electron chi connectivity index (χ0n) is 11.6. The molecule has 1 N–H and O–H groups in total. The number of carbonyl (C=O) groups is 2. The van der Waals surface area contributed by atoms with Crippen LogP contribution in [0, 0.1) is 0 Å². The summed E-state index contributed by atoms with van der Waals surface area (Å²) >= 11 is 1.16. The van der Waals surface area contributed by atoms with Gasteiger partial charge in [-0.15, -0.1) is 0 Å². The monoisotopic (exact) mass is 314 g/mol. The Morgan fingerprint density at radius 1 is 1.14 bits per heavy atom. The van der Waals surface area contributed by atoms with Gasteiger partial charge >= 0.3 is 11.9 Å². The number of carbonyl (C=O) groups excluding carboxylic acids is 1. The van der Waals surface area contributed by atoms with Crippen LogP contribution in [-0.2, 0) is 16.0 Å². The molecule has 1 aliphatic heterocycles. The molecular weight excluding hydrogens is 300 g/mol. The van der Waals surface area contributed by atoms with Gasteiger partial charge in [-0.05, 0) is 18.1 Å². The smallest absolute Gasteiger partial charge is 0.340 e. The summed E-state index contributed by atoms with van der Waals surface area (Å²) in [5, 5.41) is 8.77. The summed E-state index contributed by atoms with van der Waals surface area (Å²) in [5.41, 5.74) is 1.65. The predicted octanol–water partition coefficient (Wildman–Crippen LogP) is 3.28. The summed E-state index contributed by atoms with van der Waals surface area (Å²) in [4.78, 5) is 23.3. The summed E-state index contributed by atoms with van der Waals surface area (Å²) in [7, 11) is 0. The highest BCUT2D eigenvalue weighted by atomic mass is 32.2. The van der Waals surface area contributed by atoms with Crippen LogP contribution in [-0.4, -0.2) is 22.3 Å². The van der Waals surface area contributed by atoms with Gasteiger partial charge in [0.25, 0.3) is 0 Å². The average molecular weight is 314 g/mol. The second-order valence-corrected chi connectivity index (χ2v) is 6.25. The highest BCUT2D eigenvalue weighted by Gasteiger charge is 2.34. The van der Waals surface area contributed by atoms with E-state index in [2.05, 4.69) is 0 Å². The number of aliphatic carboxylic acids is 1. The van der Waals surface area contributed by atoms with Gasteiger partial charge in [-0.1, -0.05) is 60.3 Å². The van der Waals surface area contributed by atoms with E-state index >= 15 is 0 Å². The maximum atomic E-state index is 11.8. The summed E-state index contributed by atoms with van der Waals surface area (Å²) in [6.45, 7) is 0. The van der Waals surface area contributed by atoms with Crippen molar-refractivity contribution in [3.8, 4) is 0 Å². The van der Waals surface area contributed by atoms with E-state index in [1.807, 2.05) is 36.4 Å². The number of benzene rings is 2. The van der Waals surface area contributed by atoms with Crippen molar-refractivity contribution in [3.05, 3.63) is 71.3 Å². The van der Waals surface area contributed by atoms with E-state index in [1.54, 1.807) is 18.2 Å². The van der Waals surface area contributed by atoms with Gasteiger partial charge in [0.15, 0.2) is 5.44 Å². The van der Waals surface area contributed by atoms with E-state index < -0.39 is 22.6 Å². The summed E-state index contributed by atoms with van der Waals surface area (Å²) < 4.78 is 5.31. The van der Waals surface area contributed by atoms with Crippen molar-refractivity contribution < 1.29 is 19.4 Å². The molecule has 0 fully saturated rings. The number of fused-ring (bicyclic) bond motifs is 1. The summed E-state index contributed by atoms with van der Waals surface area (Å²) in [5.74, 6) is -1.30. The van der Waals surface area contributed by atoms with Crippen molar-refractivity contribution in [3.63, 3.8) is 0 Å². The minimum atomic E-state index is -0.908. The largest absolute Gasteiger partial charge is 0.480 e. The Morgan fingerprint density at radius 3 is 2.55 bits per heavy atom. The van der Waals surface area contributed by atoms with E-state index in [-0.39, 0.29) is 0 Å². The Morgan fingerprint density at radius 2 is 1.82 bits per heavy atom. The van der Waals surface area contributed by atoms with Crippen molar-refractivity contribution in [2.75, 3.05) is 0 Å². The Bertz CT molecular complexity index is 699. The van der Waals surface area contributed by atoms with Crippen LogP contribution in [0.1, 0.15) is 26.9 Å². The molecule has 2 aromatic carbocycles. The molecule has 5 heteroatoms. The second kappa shape index (κ2) is 6.23.